The fourth-order valence-corrected chi connectivity index (χ4v) is 2.59. The van der Waals surface area contributed by atoms with Gasteiger partial charge < -0.3 is 9.47 Å². The van der Waals surface area contributed by atoms with Crippen LogP contribution in [0.3, 0.4) is 0 Å². The topological polar surface area (TPSA) is 18.5 Å². The third-order valence-electron chi connectivity index (χ3n) is 3.72. The van der Waals surface area contributed by atoms with Gasteiger partial charge in [-0.15, -0.1) is 24.7 Å². The van der Waals surface area contributed by atoms with Crippen molar-refractivity contribution in [1.82, 2.24) is 0 Å². The van der Waals surface area contributed by atoms with E-state index in [2.05, 4.69) is 24.0 Å². The van der Waals surface area contributed by atoms with Crippen LogP contribution in [0.2, 0.25) is 0 Å². The average molecular weight is 292 g/mol. The predicted molar refractivity (Wildman–Crippen MR) is 91.4 cm³/mol. The monoisotopic (exact) mass is 292 g/mol. The first-order chi connectivity index (χ1) is 10.7. The molecule has 0 saturated carbocycles. The van der Waals surface area contributed by atoms with E-state index in [4.69, 9.17) is 22.3 Å². The van der Waals surface area contributed by atoms with Crippen molar-refractivity contribution in [1.29, 1.82) is 0 Å². The molecule has 0 aromatic heterocycles. The van der Waals surface area contributed by atoms with Crippen LogP contribution in [0.1, 0.15) is 24.0 Å². The van der Waals surface area contributed by atoms with E-state index >= 15 is 0 Å². The highest BCUT2D eigenvalue weighted by Crippen LogP contribution is 2.32. The molecule has 0 spiro atoms. The number of fused-ring (bicyclic) bond motifs is 1. The Bertz CT molecular complexity index is 684. The summed E-state index contributed by atoms with van der Waals surface area (Å²) in [7, 11) is 3.36. The minimum absolute atomic E-state index is 0.696. The van der Waals surface area contributed by atoms with Gasteiger partial charge in [-0.3, -0.25) is 0 Å². The summed E-state index contributed by atoms with van der Waals surface area (Å²) in [5, 5.41) is 2.24. The Morgan fingerprint density at radius 1 is 0.773 bits per heavy atom. The van der Waals surface area contributed by atoms with E-state index < -0.39 is 0 Å². The molecule has 2 nitrogen and oxygen atoms in total. The summed E-state index contributed by atoms with van der Waals surface area (Å²) in [6.07, 6.45) is 13.7. The summed E-state index contributed by atoms with van der Waals surface area (Å²) in [4.78, 5) is 0. The Labute approximate surface area is 132 Å². The van der Waals surface area contributed by atoms with Gasteiger partial charge in [-0.25, -0.2) is 0 Å². The minimum Gasteiger partial charge on any atom is -0.496 e. The molecule has 112 valence electrons. The molecule has 22 heavy (non-hydrogen) atoms. The smallest absolute Gasteiger partial charge is 0.122 e. The lowest BCUT2D eigenvalue weighted by atomic mass is 9.98. The molecule has 2 rings (SSSR count). The van der Waals surface area contributed by atoms with Gasteiger partial charge in [0.25, 0.3) is 0 Å². The van der Waals surface area contributed by atoms with Gasteiger partial charge in [-0.05, 0) is 59.0 Å². The minimum atomic E-state index is 0.696. The maximum absolute atomic E-state index is 5.48. The third kappa shape index (κ3) is 3.35. The Hall–Kier alpha value is -2.58. The van der Waals surface area contributed by atoms with Gasteiger partial charge >= 0.3 is 0 Å². The van der Waals surface area contributed by atoms with E-state index in [0.717, 1.165) is 46.2 Å². The van der Waals surface area contributed by atoms with Crippen LogP contribution < -0.4 is 9.47 Å². The summed E-state index contributed by atoms with van der Waals surface area (Å²) >= 11 is 0. The van der Waals surface area contributed by atoms with Crippen molar-refractivity contribution in [3.63, 3.8) is 0 Å². The summed E-state index contributed by atoms with van der Waals surface area (Å²) < 4.78 is 11.0. The third-order valence-corrected chi connectivity index (χ3v) is 3.72. The van der Waals surface area contributed by atoms with Gasteiger partial charge in [0, 0.05) is 12.8 Å². The Kier molecular flexibility index (Phi) is 5.34. The summed E-state index contributed by atoms with van der Waals surface area (Å²) in [5.41, 5.74) is 2.25. The highest BCUT2D eigenvalue weighted by molar-refractivity contribution is 5.87. The fraction of sp³-hybridized carbons (Fsp3) is 0.300. The molecular formula is C20H20O2. The lowest BCUT2D eigenvalue weighted by Gasteiger charge is -2.13. The molecule has 0 aliphatic carbocycles. The predicted octanol–water partition coefficient (Wildman–Crippen LogP) is 3.99. The molecule has 0 bridgehead atoms. The first-order valence-electron chi connectivity index (χ1n) is 7.28. The van der Waals surface area contributed by atoms with Crippen molar-refractivity contribution < 1.29 is 9.47 Å². The molecule has 0 aliphatic rings. The number of aryl methyl sites for hydroxylation is 2. The summed E-state index contributed by atoms with van der Waals surface area (Å²) in [6.45, 7) is 0. The molecule has 0 heterocycles. The van der Waals surface area contributed by atoms with Crippen molar-refractivity contribution in [2.75, 3.05) is 14.2 Å². The van der Waals surface area contributed by atoms with Gasteiger partial charge in [0.05, 0.1) is 14.2 Å². The van der Waals surface area contributed by atoms with Crippen molar-refractivity contribution >= 4 is 10.8 Å². The molecule has 0 fully saturated rings. The fourth-order valence-electron chi connectivity index (χ4n) is 2.59. The maximum atomic E-state index is 5.48. The Balaban J connectivity index is 2.53. The standard InChI is InChI=1S/C20H20O2/c1-5-7-9-15-11-17-12-16(10-8-6-2)20(22-4)14-18(17)13-19(15)21-3/h1-2,11-14H,7-10H2,3-4H3. The number of methoxy groups -OCH3 is 2. The van der Waals surface area contributed by atoms with Gasteiger partial charge in [0.2, 0.25) is 0 Å². The molecule has 0 unspecified atom stereocenters. The van der Waals surface area contributed by atoms with Crippen LogP contribution in [0, 0.1) is 24.7 Å². The van der Waals surface area contributed by atoms with Crippen LogP contribution in [0.25, 0.3) is 10.8 Å². The number of ether oxygens (including phenoxy) is 2. The maximum Gasteiger partial charge on any atom is 0.122 e. The van der Waals surface area contributed by atoms with E-state index in [0.29, 0.717) is 12.8 Å². The normalized spacial score (nSPS) is 10.0. The molecular weight excluding hydrogens is 272 g/mol. The second-order valence-electron chi connectivity index (χ2n) is 5.08. The molecule has 2 aromatic carbocycles. The van der Waals surface area contributed by atoms with Crippen molar-refractivity contribution in [2.45, 2.75) is 25.7 Å². The van der Waals surface area contributed by atoms with E-state index in [9.17, 15) is 0 Å². The van der Waals surface area contributed by atoms with Crippen LogP contribution in [-0.4, -0.2) is 14.2 Å². The second kappa shape index (κ2) is 7.43. The van der Waals surface area contributed by atoms with Gasteiger partial charge in [0.1, 0.15) is 11.5 Å². The zero-order chi connectivity index (χ0) is 15.9. The molecule has 2 heteroatoms. The Morgan fingerprint density at radius 3 is 1.55 bits per heavy atom. The molecule has 2 aromatic rings. The second-order valence-corrected chi connectivity index (χ2v) is 5.08. The first kappa shape index (κ1) is 15.8. The van der Waals surface area contributed by atoms with Crippen LogP contribution in [-0.2, 0) is 12.8 Å². The Morgan fingerprint density at radius 2 is 1.18 bits per heavy atom. The molecule has 0 radical (unpaired) electrons. The summed E-state index contributed by atoms with van der Waals surface area (Å²) in [5.74, 6) is 7.08. The number of terminal acetylenes is 2. The molecule has 0 saturated heterocycles. The van der Waals surface area contributed by atoms with Crippen LogP contribution in [0.15, 0.2) is 24.3 Å². The van der Waals surface area contributed by atoms with E-state index in [1.165, 1.54) is 0 Å². The van der Waals surface area contributed by atoms with E-state index in [-0.39, 0.29) is 0 Å². The largest absolute Gasteiger partial charge is 0.496 e. The number of hydrogen-bond acceptors (Lipinski definition) is 2. The zero-order valence-electron chi connectivity index (χ0n) is 13.1. The molecule has 0 N–H and O–H groups in total. The number of hydrogen-bond donors (Lipinski definition) is 0. The van der Waals surface area contributed by atoms with Crippen LogP contribution >= 0.6 is 0 Å². The van der Waals surface area contributed by atoms with Crippen molar-refractivity contribution in [3.05, 3.63) is 35.4 Å². The van der Waals surface area contributed by atoms with Crippen LogP contribution in [0.4, 0.5) is 0 Å². The average Bonchev–Trinajstić information content (AvgIpc) is 2.56. The highest BCUT2D eigenvalue weighted by Gasteiger charge is 2.10. The number of benzene rings is 2. The highest BCUT2D eigenvalue weighted by atomic mass is 16.5. The summed E-state index contributed by atoms with van der Waals surface area (Å²) in [6, 6.07) is 8.36. The van der Waals surface area contributed by atoms with Crippen molar-refractivity contribution in [2.24, 2.45) is 0 Å². The molecule has 0 amide bonds. The van der Waals surface area contributed by atoms with Gasteiger partial charge in [-0.2, -0.15) is 0 Å². The van der Waals surface area contributed by atoms with E-state index in [1.807, 2.05) is 12.1 Å². The molecule has 0 atom stereocenters. The lowest BCUT2D eigenvalue weighted by molar-refractivity contribution is 0.408. The van der Waals surface area contributed by atoms with E-state index in [1.54, 1.807) is 14.2 Å². The quantitative estimate of drug-likeness (QED) is 0.750. The SMILES string of the molecule is C#CCCc1cc2cc(CCC#C)c(OC)cc2cc1OC. The van der Waals surface area contributed by atoms with Crippen molar-refractivity contribution in [3.8, 4) is 36.2 Å². The zero-order valence-corrected chi connectivity index (χ0v) is 13.1. The first-order valence-corrected chi connectivity index (χ1v) is 7.28. The van der Waals surface area contributed by atoms with Gasteiger partial charge in [-0.1, -0.05) is 0 Å². The number of rotatable bonds is 6. The van der Waals surface area contributed by atoms with Gasteiger partial charge in [0.15, 0.2) is 0 Å². The lowest BCUT2D eigenvalue weighted by Crippen LogP contribution is -1.96. The molecule has 0 aliphatic heterocycles. The van der Waals surface area contributed by atoms with Crippen LogP contribution in [0.5, 0.6) is 11.5 Å².